The first-order chi connectivity index (χ1) is 11.2. The fourth-order valence-electron chi connectivity index (χ4n) is 2.50. The second kappa shape index (κ2) is 8.41. The van der Waals surface area contributed by atoms with Crippen molar-refractivity contribution in [3.63, 3.8) is 0 Å². The molecular weight excluding hydrogens is 296 g/mol. The third-order valence-corrected chi connectivity index (χ3v) is 3.79. The van der Waals surface area contributed by atoms with Crippen molar-refractivity contribution in [3.8, 4) is 5.75 Å². The van der Waals surface area contributed by atoms with E-state index in [1.165, 1.54) is 0 Å². The fraction of sp³-hybridized carbons (Fsp3) is 0.529. The molecule has 0 spiro atoms. The number of carbonyl (C=O) groups excluding carboxylic acids is 2. The predicted octanol–water partition coefficient (Wildman–Crippen LogP) is 2.14. The van der Waals surface area contributed by atoms with Gasteiger partial charge in [-0.1, -0.05) is 25.1 Å². The van der Waals surface area contributed by atoms with Gasteiger partial charge in [0.15, 0.2) is 6.10 Å². The summed E-state index contributed by atoms with van der Waals surface area (Å²) >= 11 is 0. The first-order valence-corrected chi connectivity index (χ1v) is 8.07. The standard InChI is InChI=1S/C17H24N2O4/c1-3-15(23-14-8-6-5-7-9-14)16(20)18-10-12-19(13-11-18)17(21)22-4-2/h5-9,15H,3-4,10-13H2,1-2H3/t15-/m0/s1. The summed E-state index contributed by atoms with van der Waals surface area (Å²) < 4.78 is 10.8. The van der Waals surface area contributed by atoms with Crippen molar-refractivity contribution in [1.82, 2.24) is 9.80 Å². The fourth-order valence-corrected chi connectivity index (χ4v) is 2.50. The molecule has 0 radical (unpaired) electrons. The lowest BCUT2D eigenvalue weighted by Gasteiger charge is -2.35. The summed E-state index contributed by atoms with van der Waals surface area (Å²) in [4.78, 5) is 27.7. The molecule has 1 aliphatic heterocycles. The van der Waals surface area contributed by atoms with E-state index >= 15 is 0 Å². The molecule has 126 valence electrons. The molecule has 0 unspecified atom stereocenters. The number of ether oxygens (including phenoxy) is 2. The van der Waals surface area contributed by atoms with E-state index in [0.29, 0.717) is 45.0 Å². The van der Waals surface area contributed by atoms with Crippen molar-refractivity contribution >= 4 is 12.0 Å². The summed E-state index contributed by atoms with van der Waals surface area (Å²) in [6, 6.07) is 9.35. The molecule has 6 heteroatoms. The SMILES string of the molecule is CCOC(=O)N1CCN(C(=O)[C@H](CC)Oc2ccccc2)CC1. The number of hydrogen-bond acceptors (Lipinski definition) is 4. The molecule has 23 heavy (non-hydrogen) atoms. The van der Waals surface area contributed by atoms with Crippen LogP contribution < -0.4 is 4.74 Å². The molecule has 6 nitrogen and oxygen atoms in total. The molecule has 0 bridgehead atoms. The maximum Gasteiger partial charge on any atom is 0.409 e. The minimum Gasteiger partial charge on any atom is -0.481 e. The second-order valence-electron chi connectivity index (χ2n) is 5.34. The van der Waals surface area contributed by atoms with E-state index in [4.69, 9.17) is 9.47 Å². The van der Waals surface area contributed by atoms with Crippen LogP contribution in [0, 0.1) is 0 Å². The zero-order valence-electron chi connectivity index (χ0n) is 13.7. The molecule has 1 aromatic carbocycles. The van der Waals surface area contributed by atoms with Gasteiger partial charge in [-0.2, -0.15) is 0 Å². The van der Waals surface area contributed by atoms with E-state index < -0.39 is 6.10 Å². The summed E-state index contributed by atoms with van der Waals surface area (Å²) in [7, 11) is 0. The van der Waals surface area contributed by atoms with Crippen LogP contribution in [0.2, 0.25) is 0 Å². The molecule has 1 saturated heterocycles. The highest BCUT2D eigenvalue weighted by Gasteiger charge is 2.29. The van der Waals surface area contributed by atoms with Gasteiger partial charge in [-0.15, -0.1) is 0 Å². The number of hydrogen-bond donors (Lipinski definition) is 0. The van der Waals surface area contributed by atoms with Gasteiger partial charge < -0.3 is 19.3 Å². The minimum atomic E-state index is -0.494. The molecule has 1 aliphatic rings. The second-order valence-corrected chi connectivity index (χ2v) is 5.34. The van der Waals surface area contributed by atoms with E-state index in [1.807, 2.05) is 37.3 Å². The zero-order valence-corrected chi connectivity index (χ0v) is 13.7. The zero-order chi connectivity index (χ0) is 16.7. The number of para-hydroxylation sites is 1. The largest absolute Gasteiger partial charge is 0.481 e. The van der Waals surface area contributed by atoms with Crippen molar-refractivity contribution in [2.75, 3.05) is 32.8 Å². The average Bonchev–Trinajstić information content (AvgIpc) is 2.60. The molecule has 1 aromatic rings. The van der Waals surface area contributed by atoms with Crippen LogP contribution in [0.4, 0.5) is 4.79 Å². The van der Waals surface area contributed by atoms with Gasteiger partial charge in [0.1, 0.15) is 5.75 Å². The van der Waals surface area contributed by atoms with Crippen LogP contribution in [0.15, 0.2) is 30.3 Å². The predicted molar refractivity (Wildman–Crippen MR) is 86.3 cm³/mol. The average molecular weight is 320 g/mol. The van der Waals surface area contributed by atoms with Crippen molar-refractivity contribution in [3.05, 3.63) is 30.3 Å². The smallest absolute Gasteiger partial charge is 0.409 e. The summed E-state index contributed by atoms with van der Waals surface area (Å²) in [5.74, 6) is 0.665. The van der Waals surface area contributed by atoms with Gasteiger partial charge in [0.25, 0.3) is 5.91 Å². The van der Waals surface area contributed by atoms with Crippen molar-refractivity contribution < 1.29 is 19.1 Å². The highest BCUT2D eigenvalue weighted by molar-refractivity contribution is 5.81. The van der Waals surface area contributed by atoms with Gasteiger partial charge in [0, 0.05) is 26.2 Å². The maximum absolute atomic E-state index is 12.6. The van der Waals surface area contributed by atoms with Crippen LogP contribution in [0.5, 0.6) is 5.75 Å². The third kappa shape index (κ3) is 4.61. The van der Waals surface area contributed by atoms with Gasteiger partial charge >= 0.3 is 6.09 Å². The Morgan fingerprint density at radius 3 is 2.22 bits per heavy atom. The normalized spacial score (nSPS) is 15.9. The number of nitrogens with zero attached hydrogens (tertiary/aromatic N) is 2. The first kappa shape index (κ1) is 17.1. The van der Waals surface area contributed by atoms with Crippen molar-refractivity contribution in [2.24, 2.45) is 0 Å². The van der Waals surface area contributed by atoms with E-state index in [-0.39, 0.29) is 12.0 Å². The molecule has 0 saturated carbocycles. The number of piperazine rings is 1. The van der Waals surface area contributed by atoms with Crippen LogP contribution >= 0.6 is 0 Å². The first-order valence-electron chi connectivity index (χ1n) is 8.07. The van der Waals surface area contributed by atoms with Gasteiger partial charge in [-0.05, 0) is 25.5 Å². The Labute approximate surface area is 137 Å². The minimum absolute atomic E-state index is 0.0279. The molecule has 0 N–H and O–H groups in total. The summed E-state index contributed by atoms with van der Waals surface area (Å²) in [6.07, 6.45) is -0.204. The quantitative estimate of drug-likeness (QED) is 0.834. The Balaban J connectivity index is 1.88. The van der Waals surface area contributed by atoms with Crippen molar-refractivity contribution in [1.29, 1.82) is 0 Å². The number of rotatable bonds is 5. The van der Waals surface area contributed by atoms with Crippen LogP contribution in [-0.4, -0.2) is 60.7 Å². The highest BCUT2D eigenvalue weighted by Crippen LogP contribution is 2.15. The molecule has 0 aliphatic carbocycles. The van der Waals surface area contributed by atoms with E-state index in [0.717, 1.165) is 0 Å². The van der Waals surface area contributed by atoms with E-state index in [9.17, 15) is 9.59 Å². The summed E-state index contributed by atoms with van der Waals surface area (Å²) in [6.45, 7) is 6.07. The van der Waals surface area contributed by atoms with Crippen molar-refractivity contribution in [2.45, 2.75) is 26.4 Å². The van der Waals surface area contributed by atoms with Crippen LogP contribution in [0.3, 0.4) is 0 Å². The number of carbonyl (C=O) groups is 2. The van der Waals surface area contributed by atoms with E-state index in [2.05, 4.69) is 0 Å². The van der Waals surface area contributed by atoms with Gasteiger partial charge in [-0.3, -0.25) is 4.79 Å². The van der Waals surface area contributed by atoms with Gasteiger partial charge in [-0.25, -0.2) is 4.79 Å². The summed E-state index contributed by atoms with van der Waals surface area (Å²) in [5, 5.41) is 0. The Morgan fingerprint density at radius 1 is 1.04 bits per heavy atom. The van der Waals surface area contributed by atoms with Crippen LogP contribution in [0.25, 0.3) is 0 Å². The highest BCUT2D eigenvalue weighted by atomic mass is 16.6. The Bertz CT molecular complexity index is 513. The molecular formula is C17H24N2O4. The van der Waals surface area contributed by atoms with Crippen LogP contribution in [-0.2, 0) is 9.53 Å². The number of amides is 2. The maximum atomic E-state index is 12.6. The Hall–Kier alpha value is -2.24. The Morgan fingerprint density at radius 2 is 1.65 bits per heavy atom. The molecule has 1 atom stereocenters. The lowest BCUT2D eigenvalue weighted by atomic mass is 10.2. The lowest BCUT2D eigenvalue weighted by Crippen LogP contribution is -2.53. The molecule has 1 heterocycles. The molecule has 1 fully saturated rings. The third-order valence-electron chi connectivity index (χ3n) is 3.79. The monoisotopic (exact) mass is 320 g/mol. The Kier molecular flexibility index (Phi) is 6.26. The molecule has 2 rings (SSSR count). The molecule has 0 aromatic heterocycles. The van der Waals surface area contributed by atoms with Gasteiger partial charge in [0.2, 0.25) is 0 Å². The number of benzene rings is 1. The van der Waals surface area contributed by atoms with E-state index in [1.54, 1.807) is 16.7 Å². The molecule has 2 amide bonds. The topological polar surface area (TPSA) is 59.1 Å². The van der Waals surface area contributed by atoms with Crippen LogP contribution in [0.1, 0.15) is 20.3 Å². The lowest BCUT2D eigenvalue weighted by molar-refractivity contribution is -0.140. The van der Waals surface area contributed by atoms with Gasteiger partial charge in [0.05, 0.1) is 6.61 Å². The summed E-state index contributed by atoms with van der Waals surface area (Å²) in [5.41, 5.74) is 0.